The summed E-state index contributed by atoms with van der Waals surface area (Å²) in [4.78, 5) is 2.32. The van der Waals surface area contributed by atoms with Crippen molar-refractivity contribution in [2.75, 3.05) is 31.3 Å². The van der Waals surface area contributed by atoms with E-state index in [0.717, 1.165) is 12.2 Å². The van der Waals surface area contributed by atoms with Gasteiger partial charge in [0, 0.05) is 32.1 Å². The maximum atomic E-state index is 11.2. The fourth-order valence-electron chi connectivity index (χ4n) is 1.27. The van der Waals surface area contributed by atoms with Crippen LogP contribution in [0.2, 0.25) is 0 Å². The number of hydrogen-bond donors (Lipinski definition) is 1. The zero-order chi connectivity index (χ0) is 11.5. The second kappa shape index (κ2) is 4.63. The van der Waals surface area contributed by atoms with Crippen LogP contribution >= 0.6 is 0 Å². The van der Waals surface area contributed by atoms with E-state index in [0.29, 0.717) is 11.4 Å². The number of nitrogens with two attached hydrogens (primary N) is 1. The average Bonchev–Trinajstić information content (AvgIpc) is 2.17. The molecule has 4 nitrogen and oxygen atoms in total. The summed E-state index contributed by atoms with van der Waals surface area (Å²) in [7, 11) is -1.18. The van der Waals surface area contributed by atoms with E-state index in [1.165, 1.54) is 6.26 Å². The molecule has 0 aliphatic rings. The van der Waals surface area contributed by atoms with Crippen LogP contribution in [0.3, 0.4) is 0 Å². The van der Waals surface area contributed by atoms with Crippen LogP contribution in [0.25, 0.3) is 0 Å². The predicted octanol–water partition coefficient (Wildman–Crippen LogP) is 0.485. The van der Waals surface area contributed by atoms with Crippen molar-refractivity contribution < 1.29 is 8.42 Å². The number of anilines is 1. The lowest BCUT2D eigenvalue weighted by Gasteiger charge is -2.18. The van der Waals surface area contributed by atoms with E-state index in [2.05, 4.69) is 0 Å². The number of benzene rings is 1. The summed E-state index contributed by atoms with van der Waals surface area (Å²) in [6, 6.07) is 6.79. The van der Waals surface area contributed by atoms with Gasteiger partial charge in [0.05, 0.1) is 4.90 Å². The molecule has 0 aliphatic heterocycles. The highest BCUT2D eigenvalue weighted by Crippen LogP contribution is 2.16. The normalized spacial score (nSPS) is 11.4. The third kappa shape index (κ3) is 3.21. The zero-order valence-corrected chi connectivity index (χ0v) is 9.79. The van der Waals surface area contributed by atoms with Gasteiger partial charge in [-0.25, -0.2) is 8.42 Å². The highest BCUT2D eigenvalue weighted by Gasteiger charge is 2.07. The third-order valence-electron chi connectivity index (χ3n) is 2.17. The molecule has 0 atom stereocenters. The summed E-state index contributed by atoms with van der Waals surface area (Å²) in [5.41, 5.74) is 6.39. The first kappa shape index (κ1) is 12.0. The molecule has 0 fully saturated rings. The Morgan fingerprint density at radius 1 is 1.27 bits per heavy atom. The van der Waals surface area contributed by atoms with Gasteiger partial charge in [0.25, 0.3) is 0 Å². The molecule has 0 saturated carbocycles. The van der Waals surface area contributed by atoms with E-state index in [4.69, 9.17) is 5.73 Å². The fraction of sp³-hybridized carbons (Fsp3) is 0.400. The Balaban J connectivity index is 2.90. The molecule has 84 valence electrons. The van der Waals surface area contributed by atoms with Crippen molar-refractivity contribution in [3.63, 3.8) is 0 Å². The Bertz CT molecular complexity index is 412. The molecule has 1 aromatic carbocycles. The molecule has 0 aliphatic carbocycles. The topological polar surface area (TPSA) is 63.4 Å². The van der Waals surface area contributed by atoms with Gasteiger partial charge in [-0.2, -0.15) is 0 Å². The molecule has 0 heterocycles. The van der Waals surface area contributed by atoms with Crippen LogP contribution in [-0.2, 0) is 9.84 Å². The van der Waals surface area contributed by atoms with Crippen molar-refractivity contribution in [3.8, 4) is 0 Å². The van der Waals surface area contributed by atoms with E-state index in [9.17, 15) is 8.42 Å². The minimum absolute atomic E-state index is 0.340. The molecule has 15 heavy (non-hydrogen) atoms. The molecule has 0 unspecified atom stereocenters. The molecule has 1 rings (SSSR count). The Hall–Kier alpha value is -1.07. The van der Waals surface area contributed by atoms with Gasteiger partial charge in [0.15, 0.2) is 9.84 Å². The summed E-state index contributed by atoms with van der Waals surface area (Å²) in [6.07, 6.45) is 1.20. The molecule has 0 amide bonds. The van der Waals surface area contributed by atoms with Crippen LogP contribution in [0.4, 0.5) is 5.69 Å². The molecule has 0 bridgehead atoms. The lowest BCUT2D eigenvalue weighted by Crippen LogP contribution is -2.24. The van der Waals surface area contributed by atoms with E-state index >= 15 is 0 Å². The Labute approximate surface area is 90.6 Å². The van der Waals surface area contributed by atoms with Crippen molar-refractivity contribution >= 4 is 15.5 Å². The van der Waals surface area contributed by atoms with Gasteiger partial charge in [-0.05, 0) is 24.3 Å². The SMILES string of the molecule is CN(CCN)c1ccc(S(C)(=O)=O)cc1. The molecule has 2 N–H and O–H groups in total. The number of sulfone groups is 1. The standard InChI is InChI=1S/C10H16N2O2S/c1-12(8-7-11)9-3-5-10(6-4-9)15(2,13)14/h3-6H,7-8,11H2,1-2H3. The van der Waals surface area contributed by atoms with Crippen molar-refractivity contribution in [2.45, 2.75) is 4.90 Å². The first-order valence-electron chi connectivity index (χ1n) is 4.66. The van der Waals surface area contributed by atoms with E-state index in [-0.39, 0.29) is 0 Å². The third-order valence-corrected chi connectivity index (χ3v) is 3.30. The second-order valence-corrected chi connectivity index (χ2v) is 5.49. The van der Waals surface area contributed by atoms with Crippen molar-refractivity contribution in [2.24, 2.45) is 5.73 Å². The lowest BCUT2D eigenvalue weighted by atomic mass is 10.3. The number of likely N-dealkylation sites (N-methyl/N-ethyl adjacent to an activating group) is 1. The highest BCUT2D eigenvalue weighted by atomic mass is 32.2. The highest BCUT2D eigenvalue weighted by molar-refractivity contribution is 7.90. The summed E-state index contributed by atoms with van der Waals surface area (Å²) in [5, 5.41) is 0. The van der Waals surface area contributed by atoms with Gasteiger partial charge >= 0.3 is 0 Å². The number of hydrogen-bond acceptors (Lipinski definition) is 4. The molecule has 1 aromatic rings. The smallest absolute Gasteiger partial charge is 0.175 e. The molecule has 0 saturated heterocycles. The van der Waals surface area contributed by atoms with E-state index in [1.807, 2.05) is 11.9 Å². The summed E-state index contributed by atoms with van der Waals surface area (Å²) >= 11 is 0. The maximum absolute atomic E-state index is 11.2. The molecular formula is C10H16N2O2S. The maximum Gasteiger partial charge on any atom is 0.175 e. The summed E-state index contributed by atoms with van der Waals surface area (Å²) in [6.45, 7) is 1.32. The van der Waals surface area contributed by atoms with Crippen molar-refractivity contribution in [1.29, 1.82) is 0 Å². The fourth-order valence-corrected chi connectivity index (χ4v) is 1.90. The molecular weight excluding hydrogens is 212 g/mol. The molecule has 5 heteroatoms. The quantitative estimate of drug-likeness (QED) is 0.814. The van der Waals surface area contributed by atoms with Crippen LogP contribution in [0.15, 0.2) is 29.2 Å². The monoisotopic (exact) mass is 228 g/mol. The molecule has 0 aromatic heterocycles. The van der Waals surface area contributed by atoms with Gasteiger partial charge in [-0.15, -0.1) is 0 Å². The molecule has 0 spiro atoms. The van der Waals surface area contributed by atoms with Crippen LogP contribution < -0.4 is 10.6 Å². The Morgan fingerprint density at radius 2 is 1.80 bits per heavy atom. The van der Waals surface area contributed by atoms with E-state index < -0.39 is 9.84 Å². The van der Waals surface area contributed by atoms with Crippen LogP contribution in [0.5, 0.6) is 0 Å². The van der Waals surface area contributed by atoms with Crippen molar-refractivity contribution in [3.05, 3.63) is 24.3 Å². The Kier molecular flexibility index (Phi) is 3.71. The number of rotatable bonds is 4. The van der Waals surface area contributed by atoms with Gasteiger partial charge in [-0.1, -0.05) is 0 Å². The summed E-state index contributed by atoms with van der Waals surface area (Å²) < 4.78 is 22.4. The van der Waals surface area contributed by atoms with Gasteiger partial charge in [0.1, 0.15) is 0 Å². The van der Waals surface area contributed by atoms with Gasteiger partial charge in [0.2, 0.25) is 0 Å². The van der Waals surface area contributed by atoms with Gasteiger partial charge in [-0.3, -0.25) is 0 Å². The minimum Gasteiger partial charge on any atom is -0.373 e. The van der Waals surface area contributed by atoms with Crippen LogP contribution in [0, 0.1) is 0 Å². The zero-order valence-electron chi connectivity index (χ0n) is 8.97. The first-order valence-corrected chi connectivity index (χ1v) is 6.55. The number of nitrogens with zero attached hydrogens (tertiary/aromatic N) is 1. The van der Waals surface area contributed by atoms with E-state index in [1.54, 1.807) is 24.3 Å². The molecule has 0 radical (unpaired) electrons. The Morgan fingerprint density at radius 3 is 2.20 bits per heavy atom. The second-order valence-electron chi connectivity index (χ2n) is 3.48. The van der Waals surface area contributed by atoms with Gasteiger partial charge < -0.3 is 10.6 Å². The van der Waals surface area contributed by atoms with Crippen LogP contribution in [0.1, 0.15) is 0 Å². The first-order chi connectivity index (χ1) is 6.95. The predicted molar refractivity (Wildman–Crippen MR) is 61.9 cm³/mol. The largest absolute Gasteiger partial charge is 0.373 e. The van der Waals surface area contributed by atoms with Crippen LogP contribution in [-0.4, -0.2) is 34.8 Å². The lowest BCUT2D eigenvalue weighted by molar-refractivity contribution is 0.602. The van der Waals surface area contributed by atoms with Crippen molar-refractivity contribution in [1.82, 2.24) is 0 Å². The summed E-state index contributed by atoms with van der Waals surface area (Å²) in [5.74, 6) is 0. The average molecular weight is 228 g/mol. The minimum atomic E-state index is -3.10.